The fraction of sp³-hybridized carbons (Fsp3) is 0.350. The molecule has 1 fully saturated rings. The van der Waals surface area contributed by atoms with Gasteiger partial charge in [-0.05, 0) is 50.4 Å². The molecule has 1 aliphatic rings. The van der Waals surface area contributed by atoms with Crippen molar-refractivity contribution in [3.8, 4) is 10.4 Å². The Morgan fingerprint density at radius 2 is 2.12 bits per heavy atom. The third-order valence-corrected chi connectivity index (χ3v) is 6.14. The highest BCUT2D eigenvalue weighted by molar-refractivity contribution is 7.22. The number of aryl methyl sites for hydroxylation is 1. The summed E-state index contributed by atoms with van der Waals surface area (Å²) in [7, 11) is 1.63. The number of benzene rings is 1. The molecule has 0 aliphatic carbocycles. The molecule has 0 saturated carbocycles. The Labute approximate surface area is 156 Å². The largest absolute Gasteiger partial charge is 0.354 e. The molecule has 5 nitrogen and oxygen atoms in total. The molecular weight excluding hydrogens is 344 g/mol. The summed E-state index contributed by atoms with van der Waals surface area (Å²) in [5.74, 6) is 0.398. The number of aromatic nitrogens is 2. The van der Waals surface area contributed by atoms with Crippen LogP contribution in [0.15, 0.2) is 30.3 Å². The average Bonchev–Trinajstić information content (AvgIpc) is 3.32. The predicted molar refractivity (Wildman–Crippen MR) is 106 cm³/mol. The lowest BCUT2D eigenvalue weighted by molar-refractivity contribution is 0.0959. The van der Waals surface area contributed by atoms with Gasteiger partial charge in [-0.15, -0.1) is 16.4 Å². The van der Waals surface area contributed by atoms with E-state index in [4.69, 9.17) is 0 Å². The molecule has 1 atom stereocenters. The maximum absolute atomic E-state index is 12.3. The van der Waals surface area contributed by atoms with E-state index in [1.165, 1.54) is 5.56 Å². The van der Waals surface area contributed by atoms with Crippen molar-refractivity contribution >= 4 is 27.3 Å². The van der Waals surface area contributed by atoms with E-state index in [0.717, 1.165) is 52.2 Å². The number of hydrogen-bond donors (Lipinski definition) is 2. The summed E-state index contributed by atoms with van der Waals surface area (Å²) in [5, 5.41) is 15.8. The molecule has 2 aromatic heterocycles. The summed E-state index contributed by atoms with van der Waals surface area (Å²) in [4.78, 5) is 13.4. The number of fused-ring (bicyclic) bond motifs is 1. The summed E-state index contributed by atoms with van der Waals surface area (Å²) >= 11 is 1.62. The zero-order valence-corrected chi connectivity index (χ0v) is 15.8. The molecule has 1 aliphatic heterocycles. The Bertz CT molecular complexity index is 942. The molecule has 0 radical (unpaired) electrons. The third-order valence-electron chi connectivity index (χ3n) is 4.95. The minimum absolute atomic E-state index is 0.186. The van der Waals surface area contributed by atoms with Gasteiger partial charge in [0.05, 0.1) is 10.4 Å². The second-order valence-electron chi connectivity index (χ2n) is 6.86. The maximum atomic E-state index is 12.3. The van der Waals surface area contributed by atoms with Crippen LogP contribution in [0.5, 0.6) is 0 Å². The van der Waals surface area contributed by atoms with E-state index in [9.17, 15) is 4.79 Å². The van der Waals surface area contributed by atoms with Crippen molar-refractivity contribution in [2.24, 2.45) is 5.92 Å². The standard InChI is InChI=1S/C20H22N4OS/c1-12-3-5-14(6-4-12)17-10-15-16(9-13-7-8-22-11-13)23-24-18(19(15)26-17)20(25)21-2/h3-6,10,13,22H,7-9,11H2,1-2H3,(H,21,25). The summed E-state index contributed by atoms with van der Waals surface area (Å²) < 4.78 is 0.927. The molecule has 3 heterocycles. The van der Waals surface area contributed by atoms with Crippen molar-refractivity contribution in [3.63, 3.8) is 0 Å². The number of carbonyl (C=O) groups is 1. The quantitative estimate of drug-likeness (QED) is 0.744. The number of nitrogens with zero attached hydrogens (tertiary/aromatic N) is 2. The van der Waals surface area contributed by atoms with Gasteiger partial charge in [0, 0.05) is 17.3 Å². The zero-order chi connectivity index (χ0) is 18.1. The molecule has 1 unspecified atom stereocenters. The molecule has 2 N–H and O–H groups in total. The number of rotatable bonds is 4. The van der Waals surface area contributed by atoms with Crippen LogP contribution in [0.2, 0.25) is 0 Å². The van der Waals surface area contributed by atoms with Gasteiger partial charge in [0.2, 0.25) is 0 Å². The van der Waals surface area contributed by atoms with Crippen LogP contribution in [0.1, 0.15) is 28.2 Å². The second kappa shape index (κ2) is 7.13. The fourth-order valence-corrected chi connectivity index (χ4v) is 4.60. The summed E-state index contributed by atoms with van der Waals surface area (Å²) in [5.41, 5.74) is 3.81. The molecule has 3 aromatic rings. The summed E-state index contributed by atoms with van der Waals surface area (Å²) in [6, 6.07) is 10.6. The molecule has 1 aromatic carbocycles. The van der Waals surface area contributed by atoms with Crippen LogP contribution < -0.4 is 10.6 Å². The van der Waals surface area contributed by atoms with Crippen LogP contribution >= 0.6 is 11.3 Å². The Morgan fingerprint density at radius 1 is 1.31 bits per heavy atom. The van der Waals surface area contributed by atoms with E-state index in [1.807, 2.05) is 0 Å². The minimum atomic E-state index is -0.186. The Kier molecular flexibility index (Phi) is 4.70. The number of hydrogen-bond acceptors (Lipinski definition) is 5. The lowest BCUT2D eigenvalue weighted by atomic mass is 10.00. The number of nitrogens with one attached hydrogen (secondary N) is 2. The van der Waals surface area contributed by atoms with Crippen LogP contribution in [-0.2, 0) is 6.42 Å². The van der Waals surface area contributed by atoms with E-state index < -0.39 is 0 Å². The molecule has 134 valence electrons. The van der Waals surface area contributed by atoms with Gasteiger partial charge < -0.3 is 10.6 Å². The van der Waals surface area contributed by atoms with E-state index in [2.05, 4.69) is 58.1 Å². The first-order valence-corrected chi connectivity index (χ1v) is 9.76. The second-order valence-corrected chi connectivity index (χ2v) is 7.91. The monoisotopic (exact) mass is 366 g/mol. The molecule has 26 heavy (non-hydrogen) atoms. The highest BCUT2D eigenvalue weighted by Gasteiger charge is 2.22. The summed E-state index contributed by atoms with van der Waals surface area (Å²) in [6.45, 7) is 4.17. The average molecular weight is 366 g/mol. The smallest absolute Gasteiger partial charge is 0.273 e. The highest BCUT2D eigenvalue weighted by atomic mass is 32.1. The molecule has 1 amide bonds. The lowest BCUT2D eigenvalue weighted by Crippen LogP contribution is -2.20. The van der Waals surface area contributed by atoms with Gasteiger partial charge in [-0.3, -0.25) is 4.79 Å². The Hall–Kier alpha value is -2.31. The van der Waals surface area contributed by atoms with Crippen molar-refractivity contribution < 1.29 is 4.79 Å². The van der Waals surface area contributed by atoms with Gasteiger partial charge >= 0.3 is 0 Å². The molecule has 0 bridgehead atoms. The SMILES string of the molecule is CNC(=O)c1nnc(CC2CCNC2)c2cc(-c3ccc(C)cc3)sc12. The van der Waals surface area contributed by atoms with Crippen molar-refractivity contribution in [3.05, 3.63) is 47.3 Å². The van der Waals surface area contributed by atoms with E-state index in [0.29, 0.717) is 11.6 Å². The first kappa shape index (κ1) is 17.1. The van der Waals surface area contributed by atoms with Crippen molar-refractivity contribution in [2.45, 2.75) is 19.8 Å². The van der Waals surface area contributed by atoms with Gasteiger partial charge in [0.1, 0.15) is 0 Å². The van der Waals surface area contributed by atoms with Gasteiger partial charge in [-0.25, -0.2) is 0 Å². The molecule has 6 heteroatoms. The minimum Gasteiger partial charge on any atom is -0.354 e. The zero-order valence-electron chi connectivity index (χ0n) is 15.0. The Morgan fingerprint density at radius 3 is 2.81 bits per heavy atom. The number of amides is 1. The van der Waals surface area contributed by atoms with Crippen LogP contribution in [0.4, 0.5) is 0 Å². The van der Waals surface area contributed by atoms with Crippen LogP contribution in [-0.4, -0.2) is 36.2 Å². The third kappa shape index (κ3) is 3.22. The van der Waals surface area contributed by atoms with Crippen molar-refractivity contribution in [1.29, 1.82) is 0 Å². The van der Waals surface area contributed by atoms with E-state index in [-0.39, 0.29) is 5.91 Å². The van der Waals surface area contributed by atoms with Gasteiger partial charge in [-0.2, -0.15) is 5.10 Å². The van der Waals surface area contributed by atoms with Crippen LogP contribution in [0, 0.1) is 12.8 Å². The van der Waals surface area contributed by atoms with Gasteiger partial charge in [0.25, 0.3) is 5.91 Å². The van der Waals surface area contributed by atoms with Gasteiger partial charge in [0.15, 0.2) is 5.69 Å². The van der Waals surface area contributed by atoms with Gasteiger partial charge in [-0.1, -0.05) is 29.8 Å². The van der Waals surface area contributed by atoms with E-state index in [1.54, 1.807) is 18.4 Å². The normalized spacial score (nSPS) is 16.9. The van der Waals surface area contributed by atoms with Crippen molar-refractivity contribution in [1.82, 2.24) is 20.8 Å². The molecule has 0 spiro atoms. The molecule has 1 saturated heterocycles. The number of thiophene rings is 1. The van der Waals surface area contributed by atoms with Crippen molar-refractivity contribution in [2.75, 3.05) is 20.1 Å². The summed E-state index contributed by atoms with van der Waals surface area (Å²) in [6.07, 6.45) is 2.06. The predicted octanol–water partition coefficient (Wildman–Crippen LogP) is 3.18. The maximum Gasteiger partial charge on any atom is 0.273 e. The fourth-order valence-electron chi connectivity index (χ4n) is 3.43. The molecular formula is C20H22N4OS. The topological polar surface area (TPSA) is 66.9 Å². The first-order chi connectivity index (χ1) is 12.7. The molecule has 4 rings (SSSR count). The van der Waals surface area contributed by atoms with E-state index >= 15 is 0 Å². The van der Waals surface area contributed by atoms with Crippen LogP contribution in [0.25, 0.3) is 20.5 Å². The first-order valence-electron chi connectivity index (χ1n) is 8.94. The highest BCUT2D eigenvalue weighted by Crippen LogP contribution is 2.36. The Balaban J connectivity index is 1.82. The van der Waals surface area contributed by atoms with Crippen LogP contribution in [0.3, 0.4) is 0 Å². The number of carbonyl (C=O) groups excluding carboxylic acids is 1. The lowest BCUT2D eigenvalue weighted by Gasteiger charge is -2.09.